The van der Waals surface area contributed by atoms with Crippen molar-refractivity contribution in [1.82, 2.24) is 0 Å². The number of nitrogens with zero attached hydrogens (tertiary/aromatic N) is 2. The molecule has 196 valence electrons. The summed E-state index contributed by atoms with van der Waals surface area (Å²) in [5.74, 6) is 0.672. The molecule has 1 heterocycles. The van der Waals surface area contributed by atoms with Gasteiger partial charge in [-0.05, 0) is 30.2 Å². The van der Waals surface area contributed by atoms with E-state index in [-0.39, 0.29) is 29.9 Å². The minimum absolute atomic E-state index is 0. The average Bonchev–Trinajstić information content (AvgIpc) is 2.83. The highest BCUT2D eigenvalue weighted by Gasteiger charge is 2.15. The van der Waals surface area contributed by atoms with Crippen molar-refractivity contribution in [3.63, 3.8) is 0 Å². The van der Waals surface area contributed by atoms with Gasteiger partial charge in [-0.25, -0.2) is 4.57 Å². The molecular weight excluding hydrogens is 571 g/mol. The smallest absolute Gasteiger partial charge is 0.224 e. The first-order valence-electron chi connectivity index (χ1n) is 13.2. The summed E-state index contributed by atoms with van der Waals surface area (Å²) >= 11 is 6.50. The van der Waals surface area contributed by atoms with Crippen LogP contribution >= 0.6 is 11.6 Å². The van der Waals surface area contributed by atoms with Crippen molar-refractivity contribution in [3.8, 4) is 5.75 Å². The van der Waals surface area contributed by atoms with E-state index in [1.807, 2.05) is 18.2 Å². The Labute approximate surface area is 235 Å². The summed E-state index contributed by atoms with van der Waals surface area (Å²) in [7, 11) is 0. The number of amides is 1. The lowest BCUT2D eigenvalue weighted by Crippen LogP contribution is -3.00. The van der Waals surface area contributed by atoms with E-state index < -0.39 is 0 Å². The highest BCUT2D eigenvalue weighted by atomic mass is 127. The summed E-state index contributed by atoms with van der Waals surface area (Å²) < 4.78 is 8.07. The van der Waals surface area contributed by atoms with Crippen LogP contribution in [0.15, 0.2) is 42.7 Å². The van der Waals surface area contributed by atoms with Gasteiger partial charge in [-0.15, -0.1) is 0 Å². The number of carbonyl (C=O) groups is 1. The van der Waals surface area contributed by atoms with E-state index >= 15 is 0 Å². The Bertz CT molecular complexity index is 845. The molecule has 0 spiro atoms. The molecule has 1 aromatic heterocycles. The van der Waals surface area contributed by atoms with Gasteiger partial charge in [0.1, 0.15) is 12.3 Å². The van der Waals surface area contributed by atoms with Crippen LogP contribution < -0.4 is 38.2 Å². The van der Waals surface area contributed by atoms with Crippen LogP contribution in [-0.2, 0) is 17.9 Å². The molecule has 2 rings (SSSR count). The van der Waals surface area contributed by atoms with Gasteiger partial charge >= 0.3 is 0 Å². The van der Waals surface area contributed by atoms with E-state index in [1.54, 1.807) is 11.8 Å². The Kier molecular flexibility index (Phi) is 17.1. The molecule has 4 nitrogen and oxygen atoms in total. The monoisotopic (exact) mass is 614 g/mol. The fraction of sp³-hybridized carbons (Fsp3) is 0.586. The second kappa shape index (κ2) is 18.9. The Morgan fingerprint density at radius 1 is 0.886 bits per heavy atom. The first kappa shape index (κ1) is 31.7. The number of carbonyl (C=O) groups excluding carboxylic acids is 1. The van der Waals surface area contributed by atoms with Crippen LogP contribution in [0.25, 0.3) is 0 Å². The standard InChI is InChI=1S/C29H44ClN2O2.HI/c1-4-6-7-8-9-10-11-12-13-14-22-34-29-16-15-27(23-28(29)30)32(25(3)33)24-26-17-20-31(19-5-2)21-18-26;/h15-18,20-21,23H,4-14,19,22,24H2,1-3H3;1H/q+1;/p-1. The number of hydrogen-bond donors (Lipinski definition) is 0. The summed E-state index contributed by atoms with van der Waals surface area (Å²) in [4.78, 5) is 14.1. The maximum atomic E-state index is 12.3. The highest BCUT2D eigenvalue weighted by Crippen LogP contribution is 2.30. The maximum Gasteiger partial charge on any atom is 0.224 e. The van der Waals surface area contributed by atoms with E-state index in [0.29, 0.717) is 23.9 Å². The van der Waals surface area contributed by atoms with E-state index in [2.05, 4.69) is 42.9 Å². The molecule has 0 N–H and O–H groups in total. The van der Waals surface area contributed by atoms with Gasteiger partial charge in [-0.2, -0.15) is 0 Å². The van der Waals surface area contributed by atoms with Crippen molar-refractivity contribution in [1.29, 1.82) is 0 Å². The van der Waals surface area contributed by atoms with Gasteiger partial charge in [-0.3, -0.25) is 4.79 Å². The molecule has 2 aromatic rings. The van der Waals surface area contributed by atoms with Gasteiger partial charge in [0.2, 0.25) is 5.91 Å². The molecule has 0 saturated carbocycles. The van der Waals surface area contributed by atoms with Crippen LogP contribution in [0.2, 0.25) is 5.02 Å². The molecule has 1 aromatic carbocycles. The van der Waals surface area contributed by atoms with Crippen LogP contribution in [0.3, 0.4) is 0 Å². The predicted molar refractivity (Wildman–Crippen MR) is 143 cm³/mol. The minimum Gasteiger partial charge on any atom is -1.00 e. The molecule has 0 aliphatic rings. The highest BCUT2D eigenvalue weighted by molar-refractivity contribution is 6.32. The van der Waals surface area contributed by atoms with Gasteiger partial charge in [0.25, 0.3) is 0 Å². The molecule has 0 bridgehead atoms. The molecule has 6 heteroatoms. The number of pyridine rings is 1. The number of benzene rings is 1. The van der Waals surface area contributed by atoms with Crippen molar-refractivity contribution in [2.45, 2.75) is 104 Å². The average molecular weight is 615 g/mol. The summed E-state index contributed by atoms with van der Waals surface area (Å²) in [5.41, 5.74) is 1.87. The summed E-state index contributed by atoms with van der Waals surface area (Å²) in [6, 6.07) is 9.76. The van der Waals surface area contributed by atoms with Crippen LogP contribution in [0, 0.1) is 0 Å². The van der Waals surface area contributed by atoms with Gasteiger partial charge in [-0.1, -0.05) is 83.2 Å². The Hall–Kier alpha value is -1.34. The number of unbranched alkanes of at least 4 members (excludes halogenated alkanes) is 9. The van der Waals surface area contributed by atoms with E-state index in [1.165, 1.54) is 57.8 Å². The topological polar surface area (TPSA) is 33.4 Å². The summed E-state index contributed by atoms with van der Waals surface area (Å²) in [6.07, 6.45) is 18.2. The molecule has 0 fully saturated rings. The lowest BCUT2D eigenvalue weighted by Gasteiger charge is -2.22. The second-order valence-electron chi connectivity index (χ2n) is 9.19. The number of anilines is 1. The first-order valence-corrected chi connectivity index (χ1v) is 13.6. The van der Waals surface area contributed by atoms with Gasteiger partial charge in [0.05, 0.1) is 18.2 Å². The van der Waals surface area contributed by atoms with Crippen molar-refractivity contribution in [2.75, 3.05) is 11.5 Å². The number of aromatic nitrogens is 1. The fourth-order valence-electron chi connectivity index (χ4n) is 4.11. The third-order valence-corrected chi connectivity index (χ3v) is 6.44. The Morgan fingerprint density at radius 2 is 1.49 bits per heavy atom. The van der Waals surface area contributed by atoms with Crippen LogP contribution in [-0.4, -0.2) is 12.5 Å². The maximum absolute atomic E-state index is 12.3. The molecule has 0 aliphatic heterocycles. The molecule has 0 radical (unpaired) electrons. The van der Waals surface area contributed by atoms with E-state index in [9.17, 15) is 4.79 Å². The zero-order valence-corrected chi connectivity index (χ0v) is 24.8. The SMILES string of the molecule is CCCCCCCCCCCCOc1ccc(N(Cc2cc[n+](CCC)cc2)C(C)=O)cc1Cl.[I-]. The van der Waals surface area contributed by atoms with E-state index in [4.69, 9.17) is 16.3 Å². The number of ether oxygens (including phenoxy) is 1. The van der Waals surface area contributed by atoms with Crippen LogP contribution in [0.1, 0.15) is 97.0 Å². The van der Waals surface area contributed by atoms with Crippen molar-refractivity contribution >= 4 is 23.2 Å². The van der Waals surface area contributed by atoms with Crippen LogP contribution in [0.4, 0.5) is 5.69 Å². The zero-order chi connectivity index (χ0) is 24.6. The largest absolute Gasteiger partial charge is 1.00 e. The third kappa shape index (κ3) is 12.4. The van der Waals surface area contributed by atoms with Gasteiger partial charge < -0.3 is 33.6 Å². The fourth-order valence-corrected chi connectivity index (χ4v) is 4.34. The molecule has 0 atom stereocenters. The lowest BCUT2D eigenvalue weighted by molar-refractivity contribution is -0.697. The van der Waals surface area contributed by atoms with Crippen molar-refractivity contribution in [3.05, 3.63) is 53.3 Å². The quantitative estimate of drug-likeness (QED) is 0.144. The number of aryl methyl sites for hydroxylation is 1. The van der Waals surface area contributed by atoms with Gasteiger partial charge in [0.15, 0.2) is 12.4 Å². The molecule has 35 heavy (non-hydrogen) atoms. The first-order chi connectivity index (χ1) is 16.5. The second-order valence-corrected chi connectivity index (χ2v) is 9.60. The Morgan fingerprint density at radius 3 is 2.03 bits per heavy atom. The molecular formula is C29H44ClIN2O2. The third-order valence-electron chi connectivity index (χ3n) is 6.15. The molecule has 1 amide bonds. The Balaban J connectivity index is 0.00000612. The molecule has 0 aliphatic carbocycles. The predicted octanol–water partition coefficient (Wildman–Crippen LogP) is 4.89. The number of halogens is 2. The summed E-state index contributed by atoms with van der Waals surface area (Å²) in [6.45, 7) is 8.19. The van der Waals surface area contributed by atoms with Crippen molar-refractivity contribution < 1.29 is 38.1 Å². The summed E-state index contributed by atoms with van der Waals surface area (Å²) in [5, 5.41) is 0.546. The number of rotatable bonds is 17. The minimum atomic E-state index is -0.0135. The lowest BCUT2D eigenvalue weighted by atomic mass is 10.1. The van der Waals surface area contributed by atoms with E-state index in [0.717, 1.165) is 30.6 Å². The van der Waals surface area contributed by atoms with Crippen molar-refractivity contribution in [2.24, 2.45) is 0 Å². The normalized spacial score (nSPS) is 10.6. The van der Waals surface area contributed by atoms with Gasteiger partial charge in [0, 0.05) is 31.2 Å². The van der Waals surface area contributed by atoms with Crippen LogP contribution in [0.5, 0.6) is 5.75 Å². The number of hydrogen-bond acceptors (Lipinski definition) is 2. The molecule has 0 unspecified atom stereocenters. The zero-order valence-electron chi connectivity index (χ0n) is 21.9. The molecule has 0 saturated heterocycles.